The highest BCUT2D eigenvalue weighted by Gasteiger charge is 2.55. The van der Waals surface area contributed by atoms with E-state index in [-0.39, 0.29) is 24.2 Å². The standard InChI is InChI=1S/C27H32O7/c1-17(2)7-6-8-18(3)11-24-27(16-25(29)34-24)15-20(9-10-23(27)28)33-26(30)19-12-21(31-4)14-22(13-19)32-5/h7,9-14,20,24H,6,8,15-16H2,1-5H3/b18-11+/t20-,24-,27+/m1/s1. The van der Waals surface area contributed by atoms with Gasteiger partial charge in [-0.25, -0.2) is 4.79 Å². The van der Waals surface area contributed by atoms with Crippen LogP contribution in [0.5, 0.6) is 11.5 Å². The van der Waals surface area contributed by atoms with Gasteiger partial charge in [0.25, 0.3) is 0 Å². The van der Waals surface area contributed by atoms with E-state index in [0.717, 1.165) is 18.4 Å². The second kappa shape index (κ2) is 10.7. The summed E-state index contributed by atoms with van der Waals surface area (Å²) in [5.41, 5.74) is 1.46. The SMILES string of the molecule is COc1cc(OC)cc(C(=O)O[C@@H]2C=CC(=O)[C@@]3(CC(=O)O[C@@H]3/C=C(\C)CCC=C(C)C)C2)c1. The van der Waals surface area contributed by atoms with E-state index in [0.29, 0.717) is 11.5 Å². The number of carbonyl (C=O) groups excluding carboxylic acids is 3. The van der Waals surface area contributed by atoms with E-state index in [4.69, 9.17) is 18.9 Å². The van der Waals surface area contributed by atoms with Gasteiger partial charge in [0.15, 0.2) is 5.78 Å². The predicted octanol–water partition coefficient (Wildman–Crippen LogP) is 4.75. The van der Waals surface area contributed by atoms with Gasteiger partial charge in [0.1, 0.15) is 23.7 Å². The van der Waals surface area contributed by atoms with Crippen LogP contribution in [0.1, 0.15) is 56.8 Å². The molecule has 1 aliphatic heterocycles. The Labute approximate surface area is 200 Å². The summed E-state index contributed by atoms with van der Waals surface area (Å²) >= 11 is 0. The first-order valence-corrected chi connectivity index (χ1v) is 11.3. The minimum Gasteiger partial charge on any atom is -0.497 e. The number of carbonyl (C=O) groups is 3. The molecular formula is C27H32O7. The summed E-state index contributed by atoms with van der Waals surface area (Å²) in [4.78, 5) is 38.1. The molecule has 1 heterocycles. The molecule has 0 amide bonds. The van der Waals surface area contributed by atoms with Gasteiger partial charge in [-0.05, 0) is 64.0 Å². The Bertz CT molecular complexity index is 1020. The molecule has 1 saturated heterocycles. The summed E-state index contributed by atoms with van der Waals surface area (Å²) in [6.45, 7) is 6.06. The van der Waals surface area contributed by atoms with Crippen LogP contribution in [-0.4, -0.2) is 44.1 Å². The Morgan fingerprint density at radius 3 is 2.41 bits per heavy atom. The average Bonchev–Trinajstić information content (AvgIpc) is 3.10. The summed E-state index contributed by atoms with van der Waals surface area (Å²) in [5, 5.41) is 0. The molecule has 1 aromatic rings. The minimum absolute atomic E-state index is 0.0420. The fraction of sp³-hybridized carbons (Fsp3) is 0.444. The van der Waals surface area contributed by atoms with Crippen molar-refractivity contribution in [2.45, 2.75) is 58.7 Å². The zero-order valence-corrected chi connectivity index (χ0v) is 20.4. The molecule has 0 aromatic heterocycles. The summed E-state index contributed by atoms with van der Waals surface area (Å²) < 4.78 is 21.7. The van der Waals surface area contributed by atoms with Crippen molar-refractivity contribution in [2.24, 2.45) is 5.41 Å². The molecule has 2 aliphatic rings. The fourth-order valence-electron chi connectivity index (χ4n) is 4.29. The van der Waals surface area contributed by atoms with Crippen LogP contribution in [-0.2, 0) is 19.1 Å². The molecule has 0 unspecified atom stereocenters. The van der Waals surface area contributed by atoms with E-state index in [1.54, 1.807) is 24.3 Å². The first-order valence-electron chi connectivity index (χ1n) is 11.3. The smallest absolute Gasteiger partial charge is 0.338 e. The monoisotopic (exact) mass is 468 g/mol. The molecule has 1 aliphatic carbocycles. The highest BCUT2D eigenvalue weighted by molar-refractivity contribution is 6.00. The second-order valence-electron chi connectivity index (χ2n) is 9.05. The van der Waals surface area contributed by atoms with Crippen LogP contribution in [0.2, 0.25) is 0 Å². The predicted molar refractivity (Wildman–Crippen MR) is 127 cm³/mol. The number of ether oxygens (including phenoxy) is 4. The number of methoxy groups -OCH3 is 2. The van der Waals surface area contributed by atoms with Crippen molar-refractivity contribution >= 4 is 17.7 Å². The van der Waals surface area contributed by atoms with Gasteiger partial charge in [-0.2, -0.15) is 0 Å². The zero-order valence-electron chi connectivity index (χ0n) is 20.4. The molecule has 0 radical (unpaired) electrons. The molecule has 7 nitrogen and oxygen atoms in total. The van der Waals surface area contributed by atoms with Crippen molar-refractivity contribution in [3.63, 3.8) is 0 Å². The lowest BCUT2D eigenvalue weighted by molar-refractivity contribution is -0.140. The van der Waals surface area contributed by atoms with Crippen LogP contribution in [0.25, 0.3) is 0 Å². The maximum atomic E-state index is 13.0. The van der Waals surface area contributed by atoms with Gasteiger partial charge in [-0.1, -0.05) is 17.2 Å². The Kier molecular flexibility index (Phi) is 7.97. The van der Waals surface area contributed by atoms with Crippen LogP contribution in [0, 0.1) is 5.41 Å². The quantitative estimate of drug-likeness (QED) is 0.402. The van der Waals surface area contributed by atoms with Gasteiger partial charge in [-0.15, -0.1) is 0 Å². The van der Waals surface area contributed by atoms with E-state index in [1.807, 2.05) is 26.8 Å². The number of allylic oxidation sites excluding steroid dienone is 4. The molecule has 3 rings (SSSR count). The third kappa shape index (κ3) is 5.76. The van der Waals surface area contributed by atoms with Crippen molar-refractivity contribution < 1.29 is 33.3 Å². The Balaban J connectivity index is 1.79. The third-order valence-corrected chi connectivity index (χ3v) is 6.15. The fourth-order valence-corrected chi connectivity index (χ4v) is 4.29. The van der Waals surface area contributed by atoms with Crippen LogP contribution in [0.3, 0.4) is 0 Å². The number of hydrogen-bond acceptors (Lipinski definition) is 7. The highest BCUT2D eigenvalue weighted by Crippen LogP contribution is 2.45. The molecular weight excluding hydrogens is 436 g/mol. The zero-order chi connectivity index (χ0) is 24.9. The lowest BCUT2D eigenvalue weighted by atomic mass is 9.69. The van der Waals surface area contributed by atoms with Gasteiger partial charge in [0.05, 0.1) is 31.6 Å². The van der Waals surface area contributed by atoms with Gasteiger partial charge in [-0.3, -0.25) is 9.59 Å². The lowest BCUT2D eigenvalue weighted by Crippen LogP contribution is -2.43. The van der Waals surface area contributed by atoms with Crippen molar-refractivity contribution in [1.29, 1.82) is 0 Å². The summed E-state index contributed by atoms with van der Waals surface area (Å²) in [5.74, 6) is -0.273. The molecule has 182 valence electrons. The van der Waals surface area contributed by atoms with E-state index in [1.165, 1.54) is 25.9 Å². The van der Waals surface area contributed by atoms with Crippen molar-refractivity contribution in [2.75, 3.05) is 14.2 Å². The number of rotatable bonds is 8. The first-order chi connectivity index (χ1) is 16.2. The van der Waals surface area contributed by atoms with Gasteiger partial charge >= 0.3 is 11.9 Å². The van der Waals surface area contributed by atoms with Gasteiger partial charge < -0.3 is 18.9 Å². The van der Waals surface area contributed by atoms with Crippen molar-refractivity contribution in [1.82, 2.24) is 0 Å². The first kappa shape index (κ1) is 25.3. The number of ketones is 1. The van der Waals surface area contributed by atoms with Crippen LogP contribution < -0.4 is 9.47 Å². The number of cyclic esters (lactones) is 1. The molecule has 0 N–H and O–H groups in total. The summed E-state index contributed by atoms with van der Waals surface area (Å²) in [7, 11) is 2.99. The van der Waals surface area contributed by atoms with E-state index in [2.05, 4.69) is 6.08 Å². The van der Waals surface area contributed by atoms with E-state index < -0.39 is 29.6 Å². The van der Waals surface area contributed by atoms with Gasteiger partial charge in [0.2, 0.25) is 0 Å². The van der Waals surface area contributed by atoms with Crippen molar-refractivity contribution in [3.8, 4) is 11.5 Å². The normalized spacial score (nSPS) is 24.1. The van der Waals surface area contributed by atoms with Crippen LogP contribution >= 0.6 is 0 Å². The molecule has 3 atom stereocenters. The van der Waals surface area contributed by atoms with Crippen LogP contribution in [0.4, 0.5) is 0 Å². The topological polar surface area (TPSA) is 88.1 Å². The molecule has 1 aromatic carbocycles. The third-order valence-electron chi connectivity index (χ3n) is 6.15. The summed E-state index contributed by atoms with van der Waals surface area (Å²) in [6, 6.07) is 4.77. The molecule has 1 spiro atoms. The summed E-state index contributed by atoms with van der Waals surface area (Å²) in [6.07, 6.45) is 7.40. The average molecular weight is 469 g/mol. The molecule has 0 bridgehead atoms. The second-order valence-corrected chi connectivity index (χ2v) is 9.05. The van der Waals surface area contributed by atoms with Gasteiger partial charge in [0, 0.05) is 12.5 Å². The number of esters is 2. The number of benzene rings is 1. The molecule has 7 heteroatoms. The number of hydrogen-bond donors (Lipinski definition) is 0. The highest BCUT2D eigenvalue weighted by atomic mass is 16.6. The van der Waals surface area contributed by atoms with E-state index in [9.17, 15) is 14.4 Å². The lowest BCUT2D eigenvalue weighted by Gasteiger charge is -2.34. The van der Waals surface area contributed by atoms with Crippen LogP contribution in [0.15, 0.2) is 53.6 Å². The Morgan fingerprint density at radius 2 is 1.79 bits per heavy atom. The van der Waals surface area contributed by atoms with E-state index >= 15 is 0 Å². The molecule has 1 fully saturated rings. The van der Waals surface area contributed by atoms with Crippen molar-refractivity contribution in [3.05, 3.63) is 59.2 Å². The maximum absolute atomic E-state index is 13.0. The molecule has 34 heavy (non-hydrogen) atoms. The maximum Gasteiger partial charge on any atom is 0.338 e. The Hall–Kier alpha value is -3.35. The largest absolute Gasteiger partial charge is 0.497 e. The molecule has 0 saturated carbocycles. The Morgan fingerprint density at radius 1 is 1.12 bits per heavy atom. The minimum atomic E-state index is -1.08.